The van der Waals surface area contributed by atoms with E-state index in [2.05, 4.69) is 22.8 Å². The lowest BCUT2D eigenvalue weighted by atomic mass is 9.89. The highest BCUT2D eigenvalue weighted by Gasteiger charge is 2.25. The molecule has 160 valence electrons. The van der Waals surface area contributed by atoms with Crippen LogP contribution in [0.5, 0.6) is 0 Å². The van der Waals surface area contributed by atoms with E-state index in [0.29, 0.717) is 18.7 Å². The molecular weight excluding hydrogens is 406 g/mol. The van der Waals surface area contributed by atoms with Gasteiger partial charge < -0.3 is 15.5 Å². The molecule has 1 aromatic heterocycles. The summed E-state index contributed by atoms with van der Waals surface area (Å²) < 4.78 is 0. The fourth-order valence-corrected chi connectivity index (χ4v) is 4.66. The van der Waals surface area contributed by atoms with Gasteiger partial charge in [-0.25, -0.2) is 4.79 Å². The number of rotatable bonds is 6. The zero-order valence-electron chi connectivity index (χ0n) is 17.4. The van der Waals surface area contributed by atoms with Crippen molar-refractivity contribution in [1.82, 2.24) is 10.2 Å². The summed E-state index contributed by atoms with van der Waals surface area (Å²) in [5.41, 5.74) is 2.59. The quantitative estimate of drug-likeness (QED) is 0.566. The fraction of sp³-hybridized carbons (Fsp3) is 0.280. The van der Waals surface area contributed by atoms with Crippen LogP contribution in [0.15, 0.2) is 72.1 Å². The number of nitrogens with one attached hydrogen (secondary N) is 2. The Bertz CT molecular complexity index is 1000. The third kappa shape index (κ3) is 5.73. The summed E-state index contributed by atoms with van der Waals surface area (Å²) in [5, 5.41) is 8.04. The number of benzene rings is 2. The first-order valence-electron chi connectivity index (χ1n) is 10.7. The summed E-state index contributed by atoms with van der Waals surface area (Å²) in [6.45, 7) is 2.03. The van der Waals surface area contributed by atoms with Crippen LogP contribution in [0.3, 0.4) is 0 Å². The van der Waals surface area contributed by atoms with Crippen LogP contribution in [0.4, 0.5) is 10.5 Å². The lowest BCUT2D eigenvalue weighted by molar-refractivity contribution is 0.0954. The van der Waals surface area contributed by atoms with Crippen molar-refractivity contribution in [3.05, 3.63) is 88.1 Å². The van der Waals surface area contributed by atoms with E-state index in [9.17, 15) is 9.59 Å². The molecule has 0 unspecified atom stereocenters. The van der Waals surface area contributed by atoms with Crippen LogP contribution in [-0.4, -0.2) is 36.5 Å². The lowest BCUT2D eigenvalue weighted by Gasteiger charge is -2.33. The third-order valence-electron chi connectivity index (χ3n) is 5.59. The molecule has 31 heavy (non-hydrogen) atoms. The highest BCUT2D eigenvalue weighted by molar-refractivity contribution is 7.09. The average Bonchev–Trinajstić information content (AvgIpc) is 3.33. The molecule has 1 atom stereocenters. The Morgan fingerprint density at radius 3 is 2.71 bits per heavy atom. The largest absolute Gasteiger partial charge is 0.352 e. The van der Waals surface area contributed by atoms with Crippen molar-refractivity contribution in [3.63, 3.8) is 0 Å². The first-order valence-corrected chi connectivity index (χ1v) is 11.6. The van der Waals surface area contributed by atoms with Gasteiger partial charge in [0.25, 0.3) is 5.91 Å². The van der Waals surface area contributed by atoms with Gasteiger partial charge in [0, 0.05) is 41.7 Å². The van der Waals surface area contributed by atoms with Gasteiger partial charge >= 0.3 is 6.03 Å². The lowest BCUT2D eigenvalue weighted by Crippen LogP contribution is -2.41. The maximum absolute atomic E-state index is 12.7. The number of para-hydroxylation sites is 1. The predicted molar refractivity (Wildman–Crippen MR) is 126 cm³/mol. The second-order valence-electron chi connectivity index (χ2n) is 7.79. The van der Waals surface area contributed by atoms with E-state index >= 15 is 0 Å². The number of carbonyl (C=O) groups excluding carboxylic acids is 2. The first kappa shape index (κ1) is 21.1. The number of piperidine rings is 1. The number of hydrogen-bond acceptors (Lipinski definition) is 3. The molecule has 6 heteroatoms. The Morgan fingerprint density at radius 1 is 1.03 bits per heavy atom. The number of hydrogen-bond donors (Lipinski definition) is 2. The van der Waals surface area contributed by atoms with Gasteiger partial charge in [-0.2, -0.15) is 0 Å². The summed E-state index contributed by atoms with van der Waals surface area (Å²) in [6, 6.07) is 21.4. The SMILES string of the molecule is O=C(NCCc1cccs1)c1cccc([C@H]2CCCN(C(=O)Nc3ccccc3)C2)c1. The molecule has 0 aliphatic carbocycles. The van der Waals surface area contributed by atoms with E-state index < -0.39 is 0 Å². The van der Waals surface area contributed by atoms with Crippen LogP contribution in [0.1, 0.15) is 39.6 Å². The van der Waals surface area contributed by atoms with E-state index in [1.807, 2.05) is 64.9 Å². The summed E-state index contributed by atoms with van der Waals surface area (Å²) in [7, 11) is 0. The van der Waals surface area contributed by atoms with Gasteiger partial charge in [-0.3, -0.25) is 4.79 Å². The number of thiophene rings is 1. The molecule has 1 fully saturated rings. The molecule has 1 aliphatic heterocycles. The molecule has 0 radical (unpaired) electrons. The molecule has 0 bridgehead atoms. The minimum atomic E-state index is -0.0709. The average molecular weight is 434 g/mol. The fourth-order valence-electron chi connectivity index (χ4n) is 3.95. The van der Waals surface area contributed by atoms with Crippen molar-refractivity contribution >= 4 is 29.0 Å². The highest BCUT2D eigenvalue weighted by Crippen LogP contribution is 2.28. The molecule has 0 spiro atoms. The zero-order valence-corrected chi connectivity index (χ0v) is 18.2. The monoisotopic (exact) mass is 433 g/mol. The third-order valence-corrected chi connectivity index (χ3v) is 6.53. The highest BCUT2D eigenvalue weighted by atomic mass is 32.1. The molecule has 2 heterocycles. The minimum absolute atomic E-state index is 0.0482. The van der Waals surface area contributed by atoms with Crippen molar-refractivity contribution in [2.24, 2.45) is 0 Å². The number of urea groups is 1. The van der Waals surface area contributed by atoms with Crippen LogP contribution in [0.25, 0.3) is 0 Å². The summed E-state index contributed by atoms with van der Waals surface area (Å²) in [5.74, 6) is 0.182. The Balaban J connectivity index is 1.35. The Kier molecular flexibility index (Phi) is 6.99. The van der Waals surface area contributed by atoms with E-state index in [1.165, 1.54) is 4.88 Å². The molecule has 1 saturated heterocycles. The molecule has 0 saturated carbocycles. The maximum atomic E-state index is 12.7. The molecule has 3 amide bonds. The number of carbonyl (C=O) groups is 2. The summed E-state index contributed by atoms with van der Waals surface area (Å²) in [6.07, 6.45) is 2.81. The Morgan fingerprint density at radius 2 is 1.90 bits per heavy atom. The summed E-state index contributed by atoms with van der Waals surface area (Å²) >= 11 is 1.71. The van der Waals surface area contributed by atoms with Crippen molar-refractivity contribution < 1.29 is 9.59 Å². The van der Waals surface area contributed by atoms with Gasteiger partial charge in [0.05, 0.1) is 0 Å². The van der Waals surface area contributed by atoms with Gasteiger partial charge in [-0.1, -0.05) is 36.4 Å². The number of anilines is 1. The Labute approximate surface area is 187 Å². The zero-order chi connectivity index (χ0) is 21.5. The predicted octanol–water partition coefficient (Wildman–Crippen LogP) is 5.13. The van der Waals surface area contributed by atoms with E-state index in [4.69, 9.17) is 0 Å². The van der Waals surface area contributed by atoms with Crippen molar-refractivity contribution in [3.8, 4) is 0 Å². The van der Waals surface area contributed by atoms with E-state index in [1.54, 1.807) is 11.3 Å². The minimum Gasteiger partial charge on any atom is -0.352 e. The maximum Gasteiger partial charge on any atom is 0.321 e. The van der Waals surface area contributed by atoms with Crippen LogP contribution >= 0.6 is 11.3 Å². The van der Waals surface area contributed by atoms with Crippen molar-refractivity contribution in [1.29, 1.82) is 0 Å². The van der Waals surface area contributed by atoms with E-state index in [-0.39, 0.29) is 17.9 Å². The molecule has 2 N–H and O–H groups in total. The number of nitrogens with zero attached hydrogens (tertiary/aromatic N) is 1. The normalized spacial score (nSPS) is 16.0. The number of amides is 3. The van der Waals surface area contributed by atoms with Crippen molar-refractivity contribution in [2.45, 2.75) is 25.2 Å². The van der Waals surface area contributed by atoms with Crippen LogP contribution < -0.4 is 10.6 Å². The van der Waals surface area contributed by atoms with Crippen molar-refractivity contribution in [2.75, 3.05) is 25.0 Å². The smallest absolute Gasteiger partial charge is 0.321 e. The van der Waals surface area contributed by atoms with Crippen LogP contribution in [0.2, 0.25) is 0 Å². The van der Waals surface area contributed by atoms with Crippen LogP contribution in [-0.2, 0) is 6.42 Å². The van der Waals surface area contributed by atoms with Gasteiger partial charge in [-0.05, 0) is 60.5 Å². The van der Waals surface area contributed by atoms with Gasteiger partial charge in [0.15, 0.2) is 0 Å². The second kappa shape index (κ2) is 10.3. The number of likely N-dealkylation sites (tertiary alicyclic amines) is 1. The Hall–Kier alpha value is -3.12. The molecule has 1 aliphatic rings. The molecule has 5 nitrogen and oxygen atoms in total. The van der Waals surface area contributed by atoms with Gasteiger partial charge in [0.2, 0.25) is 0 Å². The molecule has 4 rings (SSSR count). The topological polar surface area (TPSA) is 61.4 Å². The van der Waals surface area contributed by atoms with Gasteiger partial charge in [0.1, 0.15) is 0 Å². The molecule has 3 aromatic rings. The first-order chi connectivity index (χ1) is 15.2. The van der Waals surface area contributed by atoms with Crippen LogP contribution in [0, 0.1) is 0 Å². The van der Waals surface area contributed by atoms with Gasteiger partial charge in [-0.15, -0.1) is 11.3 Å². The second-order valence-corrected chi connectivity index (χ2v) is 8.82. The summed E-state index contributed by atoms with van der Waals surface area (Å²) in [4.78, 5) is 28.4. The standard InChI is InChI=1S/C25H27N3O2S/c29-24(26-14-13-23-12-6-16-31-23)20-8-4-7-19(17-20)21-9-5-15-28(18-21)25(30)27-22-10-2-1-3-11-22/h1-4,6-8,10-12,16-17,21H,5,9,13-15,18H2,(H,26,29)(H,27,30)/t21-/m0/s1. The molecular formula is C25H27N3O2S. The van der Waals surface area contributed by atoms with E-state index in [0.717, 1.165) is 37.1 Å². The molecule has 2 aromatic carbocycles.